The van der Waals surface area contributed by atoms with Gasteiger partial charge in [-0.1, -0.05) is 0 Å². The molecular weight excluding hydrogens is 294 g/mol. The molecule has 0 saturated carbocycles. The molecule has 1 fully saturated rings. The Balaban J connectivity index is 1.58. The molecule has 1 aliphatic heterocycles. The number of fused-ring (bicyclic) bond motifs is 1. The van der Waals surface area contributed by atoms with Crippen molar-refractivity contribution < 1.29 is 4.79 Å². The molecule has 0 aliphatic carbocycles. The molecule has 0 radical (unpaired) electrons. The second-order valence-electron chi connectivity index (χ2n) is 5.82. The molecule has 1 aliphatic rings. The highest BCUT2D eigenvalue weighted by atomic mass is 16.2. The summed E-state index contributed by atoms with van der Waals surface area (Å²) >= 11 is 0. The molecule has 4 heterocycles. The Kier molecular flexibility index (Phi) is 3.29. The molecular formula is C15H17N7O. The lowest BCUT2D eigenvalue weighted by Crippen LogP contribution is -2.40. The Morgan fingerprint density at radius 2 is 2.22 bits per heavy atom. The summed E-state index contributed by atoms with van der Waals surface area (Å²) in [5, 5.41) is 12.3. The van der Waals surface area contributed by atoms with Gasteiger partial charge in [0, 0.05) is 19.3 Å². The molecule has 0 bridgehead atoms. The second kappa shape index (κ2) is 5.45. The standard InChI is InChI=1S/C15H17N7O/c1-11-18-19-14-5-4-12(7-21(11)14)15(23)20-6-2-3-13(8-20)22-10-16-9-17-22/h4-5,7,9-10,13H,2-3,6,8H2,1H3. The van der Waals surface area contributed by atoms with Crippen LogP contribution in [-0.2, 0) is 0 Å². The van der Waals surface area contributed by atoms with Crippen LogP contribution in [0.25, 0.3) is 5.65 Å². The average molecular weight is 311 g/mol. The summed E-state index contributed by atoms with van der Waals surface area (Å²) in [4.78, 5) is 18.7. The predicted octanol–water partition coefficient (Wildman–Crippen LogP) is 1.11. The summed E-state index contributed by atoms with van der Waals surface area (Å²) in [6.07, 6.45) is 7.03. The van der Waals surface area contributed by atoms with Crippen LogP contribution in [0.4, 0.5) is 0 Å². The van der Waals surface area contributed by atoms with Crippen molar-refractivity contribution in [3.05, 3.63) is 42.4 Å². The molecule has 118 valence electrons. The van der Waals surface area contributed by atoms with Crippen LogP contribution in [0.5, 0.6) is 0 Å². The fraction of sp³-hybridized carbons (Fsp3) is 0.400. The van der Waals surface area contributed by atoms with E-state index in [-0.39, 0.29) is 11.9 Å². The number of rotatable bonds is 2. The fourth-order valence-electron chi connectivity index (χ4n) is 3.08. The molecule has 8 nitrogen and oxygen atoms in total. The smallest absolute Gasteiger partial charge is 0.255 e. The van der Waals surface area contributed by atoms with Gasteiger partial charge in [-0.3, -0.25) is 9.20 Å². The molecule has 1 amide bonds. The summed E-state index contributed by atoms with van der Waals surface area (Å²) in [5.41, 5.74) is 1.40. The Bertz CT molecular complexity index is 839. The molecule has 1 atom stereocenters. The van der Waals surface area contributed by atoms with Gasteiger partial charge in [-0.2, -0.15) is 5.10 Å². The van der Waals surface area contributed by atoms with Gasteiger partial charge in [-0.25, -0.2) is 9.67 Å². The average Bonchev–Trinajstić information content (AvgIpc) is 3.25. The van der Waals surface area contributed by atoms with Crippen molar-refractivity contribution >= 4 is 11.6 Å². The number of nitrogens with zero attached hydrogens (tertiary/aromatic N) is 7. The first-order valence-electron chi connectivity index (χ1n) is 7.67. The van der Waals surface area contributed by atoms with Crippen LogP contribution in [0, 0.1) is 6.92 Å². The van der Waals surface area contributed by atoms with E-state index in [0.29, 0.717) is 12.1 Å². The minimum absolute atomic E-state index is 0.0322. The molecule has 3 aromatic heterocycles. The van der Waals surface area contributed by atoms with Crippen LogP contribution in [-0.4, -0.2) is 53.3 Å². The zero-order chi connectivity index (χ0) is 15.8. The van der Waals surface area contributed by atoms with E-state index in [0.717, 1.165) is 30.9 Å². The van der Waals surface area contributed by atoms with Gasteiger partial charge in [0.15, 0.2) is 5.65 Å². The van der Waals surface area contributed by atoms with Crippen LogP contribution in [0.2, 0.25) is 0 Å². The van der Waals surface area contributed by atoms with Crippen molar-refractivity contribution in [2.45, 2.75) is 25.8 Å². The van der Waals surface area contributed by atoms with Crippen LogP contribution in [0.15, 0.2) is 31.0 Å². The number of aryl methyl sites for hydroxylation is 1. The minimum Gasteiger partial charge on any atom is -0.336 e. The lowest BCUT2D eigenvalue weighted by atomic mass is 10.1. The van der Waals surface area contributed by atoms with Crippen LogP contribution >= 0.6 is 0 Å². The van der Waals surface area contributed by atoms with Gasteiger partial charge in [0.2, 0.25) is 0 Å². The predicted molar refractivity (Wildman–Crippen MR) is 81.9 cm³/mol. The van der Waals surface area contributed by atoms with E-state index in [9.17, 15) is 4.79 Å². The van der Waals surface area contributed by atoms with E-state index in [1.165, 1.54) is 6.33 Å². The molecule has 8 heteroatoms. The maximum absolute atomic E-state index is 12.8. The Labute approximate surface area is 132 Å². The highest BCUT2D eigenvalue weighted by molar-refractivity contribution is 5.94. The topological polar surface area (TPSA) is 81.2 Å². The largest absolute Gasteiger partial charge is 0.336 e. The SMILES string of the molecule is Cc1nnc2ccc(C(=O)N3CCCC(n4cncn4)C3)cn12. The summed E-state index contributed by atoms with van der Waals surface area (Å²) < 4.78 is 3.68. The number of amides is 1. The van der Waals surface area contributed by atoms with Gasteiger partial charge in [0.05, 0.1) is 11.6 Å². The first-order chi connectivity index (χ1) is 11.2. The van der Waals surface area contributed by atoms with E-state index in [4.69, 9.17) is 0 Å². The van der Waals surface area contributed by atoms with Crippen LogP contribution < -0.4 is 0 Å². The number of hydrogen-bond acceptors (Lipinski definition) is 5. The van der Waals surface area contributed by atoms with Gasteiger partial charge < -0.3 is 4.90 Å². The molecule has 1 unspecified atom stereocenters. The number of carbonyl (C=O) groups excluding carboxylic acids is 1. The number of hydrogen-bond donors (Lipinski definition) is 0. The third kappa shape index (κ3) is 2.45. The second-order valence-corrected chi connectivity index (χ2v) is 5.82. The molecule has 4 rings (SSSR count). The highest BCUT2D eigenvalue weighted by Gasteiger charge is 2.26. The van der Waals surface area contributed by atoms with Gasteiger partial charge in [0.25, 0.3) is 5.91 Å². The fourth-order valence-corrected chi connectivity index (χ4v) is 3.08. The van der Waals surface area contributed by atoms with Crippen molar-refractivity contribution in [2.75, 3.05) is 13.1 Å². The lowest BCUT2D eigenvalue weighted by molar-refractivity contribution is 0.0672. The summed E-state index contributed by atoms with van der Waals surface area (Å²) in [6, 6.07) is 3.83. The van der Waals surface area contributed by atoms with E-state index >= 15 is 0 Å². The van der Waals surface area contributed by atoms with Crippen molar-refractivity contribution in [3.63, 3.8) is 0 Å². The van der Waals surface area contributed by atoms with Crippen molar-refractivity contribution in [1.82, 2.24) is 34.3 Å². The molecule has 0 aromatic carbocycles. The summed E-state index contributed by atoms with van der Waals surface area (Å²) in [5.74, 6) is 0.804. The third-order valence-corrected chi connectivity index (χ3v) is 4.31. The zero-order valence-corrected chi connectivity index (χ0v) is 12.8. The molecule has 0 N–H and O–H groups in total. The Hall–Kier alpha value is -2.77. The molecule has 23 heavy (non-hydrogen) atoms. The number of piperidine rings is 1. The normalized spacial score (nSPS) is 18.5. The van der Waals surface area contributed by atoms with Crippen LogP contribution in [0.1, 0.15) is 35.1 Å². The van der Waals surface area contributed by atoms with Gasteiger partial charge in [-0.05, 0) is 31.9 Å². The molecule has 3 aromatic rings. The van der Waals surface area contributed by atoms with E-state index in [2.05, 4.69) is 20.3 Å². The summed E-state index contributed by atoms with van der Waals surface area (Å²) in [7, 11) is 0. The number of carbonyl (C=O) groups is 1. The van der Waals surface area contributed by atoms with Crippen molar-refractivity contribution in [3.8, 4) is 0 Å². The lowest BCUT2D eigenvalue weighted by Gasteiger charge is -2.32. The number of likely N-dealkylation sites (tertiary alicyclic amines) is 1. The zero-order valence-electron chi connectivity index (χ0n) is 12.8. The van der Waals surface area contributed by atoms with E-state index in [1.807, 2.05) is 39.2 Å². The Morgan fingerprint density at radius 3 is 3.04 bits per heavy atom. The summed E-state index contributed by atoms with van der Waals surface area (Å²) in [6.45, 7) is 3.29. The monoisotopic (exact) mass is 311 g/mol. The number of aromatic nitrogens is 6. The quantitative estimate of drug-likeness (QED) is 0.708. The van der Waals surface area contributed by atoms with Crippen LogP contribution in [0.3, 0.4) is 0 Å². The van der Waals surface area contributed by atoms with Gasteiger partial charge >= 0.3 is 0 Å². The first kappa shape index (κ1) is 13.9. The van der Waals surface area contributed by atoms with Crippen molar-refractivity contribution in [2.24, 2.45) is 0 Å². The molecule has 1 saturated heterocycles. The maximum Gasteiger partial charge on any atom is 0.255 e. The van der Waals surface area contributed by atoms with E-state index < -0.39 is 0 Å². The number of pyridine rings is 1. The minimum atomic E-state index is 0.0322. The first-order valence-corrected chi connectivity index (χ1v) is 7.67. The van der Waals surface area contributed by atoms with Gasteiger partial charge in [0.1, 0.15) is 18.5 Å². The van der Waals surface area contributed by atoms with Crippen molar-refractivity contribution in [1.29, 1.82) is 0 Å². The Morgan fingerprint density at radius 1 is 1.30 bits per heavy atom. The van der Waals surface area contributed by atoms with E-state index in [1.54, 1.807) is 6.33 Å². The highest BCUT2D eigenvalue weighted by Crippen LogP contribution is 2.22. The molecule has 0 spiro atoms. The maximum atomic E-state index is 12.8. The van der Waals surface area contributed by atoms with Gasteiger partial charge in [-0.15, -0.1) is 10.2 Å². The third-order valence-electron chi connectivity index (χ3n) is 4.31.